The summed E-state index contributed by atoms with van der Waals surface area (Å²) in [6, 6.07) is 14.4. The number of carbonyl (C=O) groups is 1. The number of fused-ring (bicyclic) bond motifs is 1. The first-order valence-corrected chi connectivity index (χ1v) is 7.19. The standard InChI is InChI=1S/C17H22N2O/c1-2-5-16(18)12-19-17(20)11-13-8-9-14-6-3-4-7-15(14)10-13/h3-4,6-10,16H,2,5,11-12,18H2,1H3,(H,19,20). The zero-order valence-electron chi connectivity index (χ0n) is 11.9. The van der Waals surface area contributed by atoms with E-state index >= 15 is 0 Å². The van der Waals surface area contributed by atoms with Crippen molar-refractivity contribution in [1.82, 2.24) is 5.32 Å². The largest absolute Gasteiger partial charge is 0.354 e. The minimum atomic E-state index is 0.0341. The summed E-state index contributed by atoms with van der Waals surface area (Å²) in [6.07, 6.45) is 2.39. The Morgan fingerprint density at radius 2 is 1.95 bits per heavy atom. The monoisotopic (exact) mass is 270 g/mol. The number of carbonyl (C=O) groups excluding carboxylic acids is 1. The van der Waals surface area contributed by atoms with Gasteiger partial charge in [-0.05, 0) is 22.8 Å². The van der Waals surface area contributed by atoms with Crippen molar-refractivity contribution in [2.24, 2.45) is 5.73 Å². The van der Waals surface area contributed by atoms with Crippen LogP contribution >= 0.6 is 0 Å². The summed E-state index contributed by atoms with van der Waals surface area (Å²) in [5.74, 6) is 0.0341. The molecular formula is C17H22N2O. The molecule has 1 atom stereocenters. The molecule has 3 nitrogen and oxygen atoms in total. The smallest absolute Gasteiger partial charge is 0.224 e. The van der Waals surface area contributed by atoms with Gasteiger partial charge in [0.25, 0.3) is 0 Å². The van der Waals surface area contributed by atoms with E-state index in [1.165, 1.54) is 10.8 Å². The molecule has 3 heteroatoms. The number of nitrogens with one attached hydrogen (secondary N) is 1. The van der Waals surface area contributed by atoms with Crippen LogP contribution in [0.4, 0.5) is 0 Å². The van der Waals surface area contributed by atoms with Crippen LogP contribution in [0.25, 0.3) is 10.8 Å². The van der Waals surface area contributed by atoms with Crippen LogP contribution in [0, 0.1) is 0 Å². The third-order valence-corrected chi connectivity index (χ3v) is 3.40. The van der Waals surface area contributed by atoms with Gasteiger partial charge in [0.2, 0.25) is 5.91 Å². The average Bonchev–Trinajstić information content (AvgIpc) is 2.45. The number of amides is 1. The predicted octanol–water partition coefficient (Wildman–Crippen LogP) is 2.63. The minimum Gasteiger partial charge on any atom is -0.354 e. The molecular weight excluding hydrogens is 248 g/mol. The summed E-state index contributed by atoms with van der Waals surface area (Å²) in [4.78, 5) is 11.9. The van der Waals surface area contributed by atoms with Crippen LogP contribution < -0.4 is 11.1 Å². The molecule has 2 rings (SSSR count). The van der Waals surface area contributed by atoms with Crippen LogP contribution in [0.2, 0.25) is 0 Å². The Kier molecular flexibility index (Phi) is 5.13. The average molecular weight is 270 g/mol. The fourth-order valence-corrected chi connectivity index (χ4v) is 2.31. The molecule has 0 aliphatic heterocycles. The van der Waals surface area contributed by atoms with E-state index in [0.717, 1.165) is 18.4 Å². The van der Waals surface area contributed by atoms with Crippen molar-refractivity contribution in [1.29, 1.82) is 0 Å². The van der Waals surface area contributed by atoms with Gasteiger partial charge in [0.05, 0.1) is 6.42 Å². The van der Waals surface area contributed by atoms with E-state index < -0.39 is 0 Å². The molecule has 0 radical (unpaired) electrons. The van der Waals surface area contributed by atoms with Crippen LogP contribution in [0.15, 0.2) is 42.5 Å². The summed E-state index contributed by atoms with van der Waals surface area (Å²) in [5.41, 5.74) is 6.92. The van der Waals surface area contributed by atoms with Crippen molar-refractivity contribution in [3.05, 3.63) is 48.0 Å². The highest BCUT2D eigenvalue weighted by molar-refractivity contribution is 5.85. The first kappa shape index (κ1) is 14.5. The fourth-order valence-electron chi connectivity index (χ4n) is 2.31. The van der Waals surface area contributed by atoms with Crippen molar-refractivity contribution in [3.8, 4) is 0 Å². The molecule has 0 heterocycles. The van der Waals surface area contributed by atoms with E-state index in [4.69, 9.17) is 5.73 Å². The lowest BCUT2D eigenvalue weighted by Gasteiger charge is -2.11. The lowest BCUT2D eigenvalue weighted by Crippen LogP contribution is -2.37. The number of hydrogen-bond donors (Lipinski definition) is 2. The van der Waals surface area contributed by atoms with Gasteiger partial charge in [-0.25, -0.2) is 0 Å². The molecule has 0 fully saturated rings. The lowest BCUT2D eigenvalue weighted by molar-refractivity contribution is -0.120. The highest BCUT2D eigenvalue weighted by Gasteiger charge is 2.06. The second kappa shape index (κ2) is 7.06. The molecule has 0 saturated heterocycles. The first-order chi connectivity index (χ1) is 9.69. The normalized spacial score (nSPS) is 12.3. The van der Waals surface area contributed by atoms with Crippen molar-refractivity contribution in [2.75, 3.05) is 6.54 Å². The zero-order valence-corrected chi connectivity index (χ0v) is 11.9. The summed E-state index contributed by atoms with van der Waals surface area (Å²) in [5, 5.41) is 5.26. The number of hydrogen-bond acceptors (Lipinski definition) is 2. The van der Waals surface area contributed by atoms with Crippen molar-refractivity contribution in [3.63, 3.8) is 0 Å². The summed E-state index contributed by atoms with van der Waals surface area (Å²) < 4.78 is 0. The molecule has 1 amide bonds. The molecule has 20 heavy (non-hydrogen) atoms. The molecule has 0 saturated carbocycles. The number of benzene rings is 2. The first-order valence-electron chi connectivity index (χ1n) is 7.19. The second-order valence-corrected chi connectivity index (χ2v) is 5.21. The molecule has 0 aliphatic carbocycles. The quantitative estimate of drug-likeness (QED) is 0.847. The molecule has 1 unspecified atom stereocenters. The number of nitrogens with two attached hydrogens (primary N) is 1. The van der Waals surface area contributed by atoms with E-state index in [0.29, 0.717) is 13.0 Å². The van der Waals surface area contributed by atoms with Gasteiger partial charge in [0.1, 0.15) is 0 Å². The highest BCUT2D eigenvalue weighted by atomic mass is 16.1. The van der Waals surface area contributed by atoms with Crippen molar-refractivity contribution < 1.29 is 4.79 Å². The Hall–Kier alpha value is -1.87. The van der Waals surface area contributed by atoms with Crippen molar-refractivity contribution in [2.45, 2.75) is 32.2 Å². The fraction of sp³-hybridized carbons (Fsp3) is 0.353. The molecule has 0 spiro atoms. The predicted molar refractivity (Wildman–Crippen MR) is 83.5 cm³/mol. The minimum absolute atomic E-state index is 0.0341. The summed E-state index contributed by atoms with van der Waals surface area (Å²) in [7, 11) is 0. The van der Waals surface area contributed by atoms with Gasteiger partial charge in [-0.2, -0.15) is 0 Å². The third kappa shape index (κ3) is 4.07. The van der Waals surface area contributed by atoms with Gasteiger partial charge in [-0.3, -0.25) is 4.79 Å². The van der Waals surface area contributed by atoms with E-state index in [-0.39, 0.29) is 11.9 Å². The van der Waals surface area contributed by atoms with Gasteiger partial charge in [0, 0.05) is 12.6 Å². The molecule has 0 aromatic heterocycles. The summed E-state index contributed by atoms with van der Waals surface area (Å²) in [6.45, 7) is 2.65. The van der Waals surface area contributed by atoms with Gasteiger partial charge in [-0.1, -0.05) is 55.8 Å². The van der Waals surface area contributed by atoms with Gasteiger partial charge in [0.15, 0.2) is 0 Å². The highest BCUT2D eigenvalue weighted by Crippen LogP contribution is 2.15. The van der Waals surface area contributed by atoms with Gasteiger partial charge < -0.3 is 11.1 Å². The third-order valence-electron chi connectivity index (χ3n) is 3.40. The van der Waals surface area contributed by atoms with Crippen LogP contribution in [0.3, 0.4) is 0 Å². The zero-order chi connectivity index (χ0) is 14.4. The van der Waals surface area contributed by atoms with Crippen LogP contribution in [0.5, 0.6) is 0 Å². The van der Waals surface area contributed by atoms with Crippen LogP contribution in [-0.4, -0.2) is 18.5 Å². The summed E-state index contributed by atoms with van der Waals surface area (Å²) >= 11 is 0. The lowest BCUT2D eigenvalue weighted by atomic mass is 10.0. The molecule has 3 N–H and O–H groups in total. The molecule has 0 bridgehead atoms. The van der Waals surface area contributed by atoms with Crippen molar-refractivity contribution >= 4 is 16.7 Å². The van der Waals surface area contributed by atoms with E-state index in [9.17, 15) is 4.79 Å². The Bertz CT molecular complexity index is 580. The molecule has 106 valence electrons. The maximum Gasteiger partial charge on any atom is 0.224 e. The maximum atomic E-state index is 11.9. The molecule has 0 aliphatic rings. The molecule has 2 aromatic rings. The SMILES string of the molecule is CCCC(N)CNC(=O)Cc1ccc2ccccc2c1. The van der Waals surface area contributed by atoms with Crippen LogP contribution in [-0.2, 0) is 11.2 Å². The Morgan fingerprint density at radius 3 is 2.70 bits per heavy atom. The van der Waals surface area contributed by atoms with Crippen LogP contribution in [0.1, 0.15) is 25.3 Å². The van der Waals surface area contributed by atoms with Gasteiger partial charge in [-0.15, -0.1) is 0 Å². The van der Waals surface area contributed by atoms with Gasteiger partial charge >= 0.3 is 0 Å². The Balaban J connectivity index is 1.92. The number of rotatable bonds is 6. The Labute approximate surface area is 120 Å². The molecule has 2 aromatic carbocycles. The van der Waals surface area contributed by atoms with E-state index in [1.54, 1.807) is 0 Å². The Morgan fingerprint density at radius 1 is 1.20 bits per heavy atom. The second-order valence-electron chi connectivity index (χ2n) is 5.21. The van der Waals surface area contributed by atoms with E-state index in [2.05, 4.69) is 36.5 Å². The topological polar surface area (TPSA) is 55.1 Å². The van der Waals surface area contributed by atoms with E-state index in [1.807, 2.05) is 18.2 Å². The maximum absolute atomic E-state index is 11.9.